The number of aromatic nitrogens is 3. The zero-order chi connectivity index (χ0) is 14.3. The highest BCUT2D eigenvalue weighted by atomic mass is 16.6. The second-order valence-corrected chi connectivity index (χ2v) is 4.59. The second kappa shape index (κ2) is 4.61. The Balaban J connectivity index is 2.39. The summed E-state index contributed by atoms with van der Waals surface area (Å²) in [6.07, 6.45) is 1.55. The molecule has 0 amide bonds. The smallest absolute Gasteiger partial charge is 0.259 e. The lowest BCUT2D eigenvalue weighted by Gasteiger charge is -2.12. The number of rotatable bonds is 2. The van der Waals surface area contributed by atoms with E-state index in [1.807, 2.05) is 13.8 Å². The number of hydrogen-bond donors (Lipinski definition) is 2. The predicted molar refractivity (Wildman–Crippen MR) is 75.7 cm³/mol. The van der Waals surface area contributed by atoms with Gasteiger partial charge < -0.3 is 10.6 Å². The average molecular weight is 273 g/mol. The van der Waals surface area contributed by atoms with Crippen LogP contribution in [0.4, 0.5) is 5.95 Å². The highest BCUT2D eigenvalue weighted by Gasteiger charge is 2.17. The Bertz CT molecular complexity index is 778. The van der Waals surface area contributed by atoms with Gasteiger partial charge in [-0.15, -0.1) is 0 Å². The fourth-order valence-electron chi connectivity index (χ4n) is 2.37. The number of anilines is 1. The van der Waals surface area contributed by atoms with Crippen molar-refractivity contribution < 1.29 is 4.84 Å². The predicted octanol–water partition coefficient (Wildman–Crippen LogP) is 0.578. The van der Waals surface area contributed by atoms with Crippen molar-refractivity contribution >= 4 is 22.6 Å². The minimum Gasteiger partial charge on any atom is -0.416 e. The first-order valence-corrected chi connectivity index (χ1v) is 6.37. The van der Waals surface area contributed by atoms with Crippen LogP contribution >= 0.6 is 0 Å². The summed E-state index contributed by atoms with van der Waals surface area (Å²) >= 11 is 0. The molecule has 0 spiro atoms. The number of nitrogen functional groups attached to an aromatic ring is 1. The maximum Gasteiger partial charge on any atom is 0.259 e. The van der Waals surface area contributed by atoms with Gasteiger partial charge in [-0.25, -0.2) is 4.98 Å². The summed E-state index contributed by atoms with van der Waals surface area (Å²) < 4.78 is 1.61. The number of nitrogens with two attached hydrogens (primary N) is 1. The normalized spacial score (nSPS) is 14.4. The SMILES string of the molecule is CCn1c(=O)c(C2=CONC2)cc2c(C)nc(N)nc21. The summed E-state index contributed by atoms with van der Waals surface area (Å²) in [6, 6.07) is 1.81. The van der Waals surface area contributed by atoms with Crippen LogP contribution in [-0.4, -0.2) is 21.1 Å². The van der Waals surface area contributed by atoms with Gasteiger partial charge in [0.1, 0.15) is 11.9 Å². The molecule has 0 unspecified atom stereocenters. The van der Waals surface area contributed by atoms with E-state index in [4.69, 9.17) is 10.6 Å². The van der Waals surface area contributed by atoms with Crippen LogP contribution in [0.2, 0.25) is 0 Å². The Morgan fingerprint density at radius 2 is 2.30 bits per heavy atom. The number of pyridine rings is 1. The first-order chi connectivity index (χ1) is 9.61. The van der Waals surface area contributed by atoms with Crippen LogP contribution in [0, 0.1) is 6.92 Å². The van der Waals surface area contributed by atoms with Gasteiger partial charge in [-0.2, -0.15) is 10.5 Å². The highest BCUT2D eigenvalue weighted by Crippen LogP contribution is 2.21. The summed E-state index contributed by atoms with van der Waals surface area (Å²) in [6.45, 7) is 4.77. The molecule has 2 aromatic rings. The van der Waals surface area contributed by atoms with Crippen LogP contribution in [-0.2, 0) is 11.4 Å². The molecular formula is C13H15N5O2. The Hall–Kier alpha value is -2.41. The highest BCUT2D eigenvalue weighted by molar-refractivity contribution is 5.83. The summed E-state index contributed by atoms with van der Waals surface area (Å²) in [4.78, 5) is 25.9. The maximum atomic E-state index is 12.6. The Labute approximate surface area is 115 Å². The quantitative estimate of drug-likeness (QED) is 0.831. The lowest BCUT2D eigenvalue weighted by atomic mass is 10.1. The first-order valence-electron chi connectivity index (χ1n) is 6.37. The third-order valence-corrected chi connectivity index (χ3v) is 3.36. The van der Waals surface area contributed by atoms with Gasteiger partial charge >= 0.3 is 0 Å². The van der Waals surface area contributed by atoms with Gasteiger partial charge in [0.2, 0.25) is 5.95 Å². The van der Waals surface area contributed by atoms with Crippen LogP contribution < -0.4 is 16.8 Å². The average Bonchev–Trinajstić information content (AvgIpc) is 2.92. The van der Waals surface area contributed by atoms with E-state index in [2.05, 4.69) is 15.4 Å². The van der Waals surface area contributed by atoms with Crippen molar-refractivity contribution in [2.24, 2.45) is 0 Å². The van der Waals surface area contributed by atoms with Crippen LogP contribution in [0.3, 0.4) is 0 Å². The van der Waals surface area contributed by atoms with Gasteiger partial charge in [0.15, 0.2) is 0 Å². The number of fused-ring (bicyclic) bond motifs is 1. The monoisotopic (exact) mass is 273 g/mol. The summed E-state index contributed by atoms with van der Waals surface area (Å²) in [5.74, 6) is 0.175. The molecule has 104 valence electrons. The van der Waals surface area contributed by atoms with E-state index in [1.165, 1.54) is 0 Å². The molecule has 0 aliphatic carbocycles. The summed E-state index contributed by atoms with van der Waals surface area (Å²) in [7, 11) is 0. The van der Waals surface area contributed by atoms with E-state index >= 15 is 0 Å². The third-order valence-electron chi connectivity index (χ3n) is 3.36. The van der Waals surface area contributed by atoms with Crippen molar-refractivity contribution in [2.75, 3.05) is 12.3 Å². The molecule has 7 heteroatoms. The number of hydrogen-bond acceptors (Lipinski definition) is 6. The Kier molecular flexibility index (Phi) is 2.90. The van der Waals surface area contributed by atoms with E-state index in [0.717, 1.165) is 16.7 Å². The molecule has 3 N–H and O–H groups in total. The molecule has 0 atom stereocenters. The molecule has 0 bridgehead atoms. The van der Waals surface area contributed by atoms with Gasteiger partial charge in [-0.05, 0) is 19.9 Å². The fourth-order valence-corrected chi connectivity index (χ4v) is 2.37. The van der Waals surface area contributed by atoms with Crippen LogP contribution in [0.1, 0.15) is 18.2 Å². The maximum absolute atomic E-state index is 12.6. The summed E-state index contributed by atoms with van der Waals surface area (Å²) in [5.41, 5.74) is 11.0. The largest absolute Gasteiger partial charge is 0.416 e. The van der Waals surface area contributed by atoms with E-state index in [-0.39, 0.29) is 11.5 Å². The zero-order valence-corrected chi connectivity index (χ0v) is 11.3. The van der Waals surface area contributed by atoms with Crippen molar-refractivity contribution in [1.29, 1.82) is 0 Å². The van der Waals surface area contributed by atoms with Gasteiger partial charge in [0.25, 0.3) is 5.56 Å². The molecule has 0 aromatic carbocycles. The van der Waals surface area contributed by atoms with Gasteiger partial charge in [0.05, 0.1) is 12.2 Å². The molecule has 20 heavy (non-hydrogen) atoms. The topological polar surface area (TPSA) is 95.1 Å². The van der Waals surface area contributed by atoms with E-state index in [0.29, 0.717) is 24.3 Å². The lowest BCUT2D eigenvalue weighted by Crippen LogP contribution is -2.25. The molecule has 7 nitrogen and oxygen atoms in total. The fraction of sp³-hybridized carbons (Fsp3) is 0.308. The van der Waals surface area contributed by atoms with Crippen molar-refractivity contribution in [3.8, 4) is 0 Å². The van der Waals surface area contributed by atoms with E-state index < -0.39 is 0 Å². The van der Waals surface area contributed by atoms with Crippen molar-refractivity contribution in [3.05, 3.63) is 33.9 Å². The van der Waals surface area contributed by atoms with E-state index in [1.54, 1.807) is 16.9 Å². The number of aryl methyl sites for hydroxylation is 2. The molecule has 3 rings (SSSR count). The van der Waals surface area contributed by atoms with Gasteiger partial charge in [0, 0.05) is 23.1 Å². The minimum atomic E-state index is -0.101. The molecule has 0 saturated carbocycles. The van der Waals surface area contributed by atoms with Crippen molar-refractivity contribution in [2.45, 2.75) is 20.4 Å². The minimum absolute atomic E-state index is 0.101. The molecular weight excluding hydrogens is 258 g/mol. The standard InChI is InChI=1S/C13H15N5O2/c1-3-18-11-9(7(2)16-13(14)17-11)4-10(12(18)19)8-5-15-20-6-8/h4,6,15H,3,5H2,1-2H3,(H2,14,16,17). The van der Waals surface area contributed by atoms with Crippen LogP contribution in [0.5, 0.6) is 0 Å². The molecule has 0 fully saturated rings. The van der Waals surface area contributed by atoms with Crippen molar-refractivity contribution in [1.82, 2.24) is 20.0 Å². The van der Waals surface area contributed by atoms with Crippen LogP contribution in [0.25, 0.3) is 16.6 Å². The van der Waals surface area contributed by atoms with Gasteiger partial charge in [-0.3, -0.25) is 9.36 Å². The van der Waals surface area contributed by atoms with Crippen LogP contribution in [0.15, 0.2) is 17.1 Å². The third kappa shape index (κ3) is 1.83. The number of nitrogens with one attached hydrogen (secondary N) is 1. The molecule has 1 aliphatic rings. The Morgan fingerprint density at radius 3 is 2.95 bits per heavy atom. The lowest BCUT2D eigenvalue weighted by molar-refractivity contribution is 0.168. The second-order valence-electron chi connectivity index (χ2n) is 4.59. The molecule has 2 aromatic heterocycles. The first kappa shape index (κ1) is 12.6. The molecule has 0 saturated heterocycles. The Morgan fingerprint density at radius 1 is 1.50 bits per heavy atom. The van der Waals surface area contributed by atoms with Crippen molar-refractivity contribution in [3.63, 3.8) is 0 Å². The molecule has 1 aliphatic heterocycles. The molecule has 3 heterocycles. The number of nitrogens with zero attached hydrogens (tertiary/aromatic N) is 3. The molecule has 0 radical (unpaired) electrons. The summed E-state index contributed by atoms with van der Waals surface area (Å²) in [5, 5.41) is 0.823. The van der Waals surface area contributed by atoms with Gasteiger partial charge in [-0.1, -0.05) is 0 Å². The van der Waals surface area contributed by atoms with E-state index in [9.17, 15) is 4.79 Å². The zero-order valence-electron chi connectivity index (χ0n) is 11.3. The number of hydroxylamine groups is 1.